The Labute approximate surface area is 173 Å². The molecule has 1 aliphatic carbocycles. The zero-order valence-corrected chi connectivity index (χ0v) is 17.2. The van der Waals surface area contributed by atoms with E-state index in [1.807, 2.05) is 31.2 Å². The first-order valence-corrected chi connectivity index (χ1v) is 10.9. The van der Waals surface area contributed by atoms with E-state index < -0.39 is 0 Å². The van der Waals surface area contributed by atoms with Crippen LogP contribution < -0.4 is 5.32 Å². The summed E-state index contributed by atoms with van der Waals surface area (Å²) in [5.74, 6) is 0.680. The molecule has 0 spiro atoms. The van der Waals surface area contributed by atoms with Crippen LogP contribution in [0.3, 0.4) is 0 Å². The Bertz CT molecular complexity index is 873. The molecule has 0 aromatic heterocycles. The number of aryl methyl sites for hydroxylation is 1. The Balaban J connectivity index is 1.40. The molecule has 29 heavy (non-hydrogen) atoms. The number of hydrogen-bond donors (Lipinski definition) is 1. The Morgan fingerprint density at radius 2 is 1.62 bits per heavy atom. The smallest absolute Gasteiger partial charge is 0.254 e. The van der Waals surface area contributed by atoms with E-state index in [1.54, 1.807) is 24.3 Å². The molecule has 1 heterocycles. The number of nitrogens with zero attached hydrogens (tertiary/aromatic N) is 1. The van der Waals surface area contributed by atoms with Crippen LogP contribution in [0.2, 0.25) is 0 Å². The van der Waals surface area contributed by atoms with Crippen LogP contribution in [-0.2, 0) is 6.54 Å². The van der Waals surface area contributed by atoms with Crippen molar-refractivity contribution in [2.75, 3.05) is 6.54 Å². The number of fused-ring (bicyclic) bond motifs is 1. The number of carbonyl (C=O) groups is 2. The van der Waals surface area contributed by atoms with Crippen LogP contribution in [0.25, 0.3) is 0 Å². The summed E-state index contributed by atoms with van der Waals surface area (Å²) in [6.45, 7) is 3.40. The van der Waals surface area contributed by atoms with Gasteiger partial charge in [0.2, 0.25) is 0 Å². The number of carbonyl (C=O) groups excluding carboxylic acids is 2. The second-order valence-corrected chi connectivity index (χ2v) is 8.44. The van der Waals surface area contributed by atoms with Crippen LogP contribution in [0.15, 0.2) is 48.5 Å². The molecular formula is C25H30N2O2. The lowest BCUT2D eigenvalue weighted by molar-refractivity contribution is 0.0390. The molecular weight excluding hydrogens is 360 g/mol. The number of benzene rings is 2. The molecule has 4 rings (SSSR count). The van der Waals surface area contributed by atoms with Crippen molar-refractivity contribution in [2.24, 2.45) is 5.92 Å². The van der Waals surface area contributed by atoms with Gasteiger partial charge in [-0.1, -0.05) is 37.1 Å². The van der Waals surface area contributed by atoms with Gasteiger partial charge >= 0.3 is 0 Å². The molecule has 1 saturated heterocycles. The number of likely N-dealkylation sites (tertiary alicyclic amines) is 1. The molecule has 2 aromatic carbocycles. The lowest BCUT2D eigenvalue weighted by atomic mass is 9.78. The minimum absolute atomic E-state index is 0.113. The van der Waals surface area contributed by atoms with Crippen LogP contribution in [-0.4, -0.2) is 29.3 Å². The Kier molecular flexibility index (Phi) is 5.98. The Hall–Kier alpha value is -2.62. The molecule has 152 valence electrons. The highest BCUT2D eigenvalue weighted by Gasteiger charge is 2.35. The number of piperidine rings is 1. The predicted octanol–water partition coefficient (Wildman–Crippen LogP) is 4.72. The third kappa shape index (κ3) is 4.36. The molecule has 2 atom stereocenters. The number of rotatable bonds is 4. The standard InChI is InChI=1S/C25H30N2O2/c1-18-7-2-3-9-22(18)17-26-24(28)20-12-14-21(15-13-20)25(29)27-16-6-10-19-8-4-5-11-23(19)27/h2-3,7,9,12-15,19,23H,4-6,8,10-11,16-17H2,1H3,(H,26,28)/t19?,23-/m0/s1. The largest absolute Gasteiger partial charge is 0.348 e. The first kappa shape index (κ1) is 19.7. The second kappa shape index (κ2) is 8.81. The summed E-state index contributed by atoms with van der Waals surface area (Å²) in [5, 5.41) is 2.97. The van der Waals surface area contributed by atoms with Crippen molar-refractivity contribution in [2.45, 2.75) is 58.0 Å². The van der Waals surface area contributed by atoms with Crippen molar-refractivity contribution in [1.82, 2.24) is 10.2 Å². The zero-order valence-electron chi connectivity index (χ0n) is 17.2. The third-order valence-electron chi connectivity index (χ3n) is 6.60. The van der Waals surface area contributed by atoms with E-state index in [-0.39, 0.29) is 11.8 Å². The van der Waals surface area contributed by atoms with Crippen molar-refractivity contribution >= 4 is 11.8 Å². The van der Waals surface area contributed by atoms with Crippen molar-refractivity contribution in [3.05, 3.63) is 70.8 Å². The number of nitrogens with one attached hydrogen (secondary N) is 1. The van der Waals surface area contributed by atoms with Gasteiger partial charge in [-0.3, -0.25) is 9.59 Å². The average Bonchev–Trinajstić information content (AvgIpc) is 2.77. The molecule has 0 radical (unpaired) electrons. The van der Waals surface area contributed by atoms with E-state index in [0.29, 0.717) is 29.6 Å². The predicted molar refractivity (Wildman–Crippen MR) is 115 cm³/mol. The van der Waals surface area contributed by atoms with E-state index in [9.17, 15) is 9.59 Å². The highest BCUT2D eigenvalue weighted by molar-refractivity contribution is 5.98. The number of hydrogen-bond acceptors (Lipinski definition) is 2. The van der Waals surface area contributed by atoms with Crippen LogP contribution in [0.5, 0.6) is 0 Å². The molecule has 4 heteroatoms. The van der Waals surface area contributed by atoms with E-state index in [2.05, 4.69) is 10.2 Å². The lowest BCUT2D eigenvalue weighted by Crippen LogP contribution is -2.49. The van der Waals surface area contributed by atoms with Gasteiger partial charge in [0.25, 0.3) is 11.8 Å². The molecule has 1 N–H and O–H groups in total. The first-order valence-electron chi connectivity index (χ1n) is 10.9. The molecule has 2 fully saturated rings. The normalized spacial score (nSPS) is 21.3. The fraction of sp³-hybridized carbons (Fsp3) is 0.440. The SMILES string of the molecule is Cc1ccccc1CNC(=O)c1ccc(C(=O)N2CCCC3CCCC[C@@H]32)cc1. The van der Waals surface area contributed by atoms with Gasteiger partial charge in [-0.15, -0.1) is 0 Å². The summed E-state index contributed by atoms with van der Waals surface area (Å²) in [4.78, 5) is 27.7. The monoisotopic (exact) mass is 390 g/mol. The fourth-order valence-electron chi connectivity index (χ4n) is 4.89. The van der Waals surface area contributed by atoms with Gasteiger partial charge in [-0.05, 0) is 73.9 Å². The van der Waals surface area contributed by atoms with E-state index in [1.165, 1.54) is 25.7 Å². The minimum Gasteiger partial charge on any atom is -0.348 e. The first-order chi connectivity index (χ1) is 14.1. The van der Waals surface area contributed by atoms with Crippen molar-refractivity contribution in [3.63, 3.8) is 0 Å². The van der Waals surface area contributed by atoms with Crippen molar-refractivity contribution in [1.29, 1.82) is 0 Å². The van der Waals surface area contributed by atoms with Gasteiger partial charge < -0.3 is 10.2 Å². The van der Waals surface area contributed by atoms with Crippen LogP contribution in [0, 0.1) is 12.8 Å². The molecule has 0 bridgehead atoms. The van der Waals surface area contributed by atoms with E-state index in [4.69, 9.17) is 0 Å². The second-order valence-electron chi connectivity index (χ2n) is 8.44. The molecule has 1 unspecified atom stereocenters. The molecule has 2 aromatic rings. The molecule has 2 amide bonds. The van der Waals surface area contributed by atoms with Crippen LogP contribution in [0.1, 0.15) is 70.4 Å². The molecule has 1 saturated carbocycles. The summed E-state index contributed by atoms with van der Waals surface area (Å²) in [6, 6.07) is 15.6. The van der Waals surface area contributed by atoms with Crippen LogP contribution in [0.4, 0.5) is 0 Å². The van der Waals surface area contributed by atoms with Crippen LogP contribution >= 0.6 is 0 Å². The zero-order chi connectivity index (χ0) is 20.2. The third-order valence-corrected chi connectivity index (χ3v) is 6.60. The van der Waals surface area contributed by atoms with Gasteiger partial charge in [0, 0.05) is 30.3 Å². The van der Waals surface area contributed by atoms with Gasteiger partial charge in [-0.2, -0.15) is 0 Å². The minimum atomic E-state index is -0.113. The lowest BCUT2D eigenvalue weighted by Gasteiger charge is -2.44. The maximum Gasteiger partial charge on any atom is 0.254 e. The highest BCUT2D eigenvalue weighted by atomic mass is 16.2. The van der Waals surface area contributed by atoms with Crippen molar-refractivity contribution < 1.29 is 9.59 Å². The fourth-order valence-corrected chi connectivity index (χ4v) is 4.89. The highest BCUT2D eigenvalue weighted by Crippen LogP contribution is 2.35. The van der Waals surface area contributed by atoms with Crippen molar-refractivity contribution in [3.8, 4) is 0 Å². The quantitative estimate of drug-likeness (QED) is 0.821. The molecule has 1 aliphatic heterocycles. The number of amides is 2. The van der Waals surface area contributed by atoms with Gasteiger partial charge in [-0.25, -0.2) is 0 Å². The maximum atomic E-state index is 13.1. The summed E-state index contributed by atoms with van der Waals surface area (Å²) < 4.78 is 0. The van der Waals surface area contributed by atoms with Gasteiger partial charge in [0.05, 0.1) is 0 Å². The summed E-state index contributed by atoms with van der Waals surface area (Å²) in [7, 11) is 0. The van der Waals surface area contributed by atoms with Gasteiger partial charge in [0.1, 0.15) is 0 Å². The van der Waals surface area contributed by atoms with E-state index >= 15 is 0 Å². The topological polar surface area (TPSA) is 49.4 Å². The summed E-state index contributed by atoms with van der Waals surface area (Å²) in [6.07, 6.45) is 7.28. The summed E-state index contributed by atoms with van der Waals surface area (Å²) >= 11 is 0. The molecule has 2 aliphatic rings. The molecule has 4 nitrogen and oxygen atoms in total. The Morgan fingerprint density at radius 3 is 2.41 bits per heavy atom. The Morgan fingerprint density at radius 1 is 0.931 bits per heavy atom. The van der Waals surface area contributed by atoms with Gasteiger partial charge in [0.15, 0.2) is 0 Å². The maximum absolute atomic E-state index is 13.1. The van der Waals surface area contributed by atoms with E-state index in [0.717, 1.165) is 30.5 Å². The summed E-state index contributed by atoms with van der Waals surface area (Å²) in [5.41, 5.74) is 3.55. The average molecular weight is 391 g/mol.